The molecule has 7 bridgehead atoms. The van der Waals surface area contributed by atoms with Gasteiger partial charge in [-0.2, -0.15) is 0 Å². The highest BCUT2D eigenvalue weighted by molar-refractivity contribution is 5.89. The van der Waals surface area contributed by atoms with Crippen LogP contribution in [0.4, 0.5) is 0 Å². The first-order valence-corrected chi connectivity index (χ1v) is 15.7. The van der Waals surface area contributed by atoms with Crippen molar-refractivity contribution in [2.75, 3.05) is 55.2 Å². The Bertz CT molecular complexity index is 1230. The van der Waals surface area contributed by atoms with Gasteiger partial charge in [0.2, 0.25) is 0 Å². The molecule has 7 rings (SSSR count). The van der Waals surface area contributed by atoms with E-state index in [2.05, 4.69) is 11.8 Å². The molecule has 238 valence electrons. The zero-order valence-corrected chi connectivity index (χ0v) is 26.1. The smallest absolute Gasteiger partial charge is 0.338 e. The van der Waals surface area contributed by atoms with E-state index < -0.39 is 46.8 Å². The number of likely N-dealkylation sites (tertiary alicyclic amines) is 1. The fourth-order valence-electron chi connectivity index (χ4n) is 12.3. The van der Waals surface area contributed by atoms with Crippen molar-refractivity contribution in [1.29, 1.82) is 0 Å². The number of fused-ring (bicyclic) bond motifs is 2. The summed E-state index contributed by atoms with van der Waals surface area (Å²) in [5.74, 6) is -1.55. The van der Waals surface area contributed by atoms with Crippen LogP contribution in [-0.4, -0.2) is 124 Å². The number of nitrogens with zero attached hydrogens (tertiary/aromatic N) is 1. The molecule has 6 fully saturated rings. The van der Waals surface area contributed by atoms with Crippen LogP contribution in [0.2, 0.25) is 0 Å². The summed E-state index contributed by atoms with van der Waals surface area (Å²) in [6, 6.07) is 8.79. The molecular formula is C33H47NO9. The molecular weight excluding hydrogens is 554 g/mol. The average Bonchev–Trinajstić information content (AvgIpc) is 3.39. The zero-order valence-electron chi connectivity index (χ0n) is 26.1. The van der Waals surface area contributed by atoms with Crippen LogP contribution in [-0.2, 0) is 28.4 Å². The van der Waals surface area contributed by atoms with E-state index in [9.17, 15) is 15.0 Å². The molecule has 1 spiro atoms. The van der Waals surface area contributed by atoms with Crippen LogP contribution in [0.15, 0.2) is 30.3 Å². The van der Waals surface area contributed by atoms with E-state index >= 15 is 0 Å². The third-order valence-electron chi connectivity index (χ3n) is 13.1. The summed E-state index contributed by atoms with van der Waals surface area (Å²) in [5, 5.41) is 25.1. The molecule has 43 heavy (non-hydrogen) atoms. The van der Waals surface area contributed by atoms with Crippen LogP contribution in [0, 0.1) is 34.5 Å². The summed E-state index contributed by atoms with van der Waals surface area (Å²) >= 11 is 0. The minimum Gasteiger partial charge on any atom is -0.455 e. The highest BCUT2D eigenvalue weighted by atomic mass is 16.6. The molecule has 1 aliphatic heterocycles. The number of benzene rings is 1. The normalized spacial score (nSPS) is 51.0. The average molecular weight is 602 g/mol. The van der Waals surface area contributed by atoms with E-state index in [1.165, 1.54) is 7.11 Å². The number of carbonyl (C=O) groups is 1. The topological polar surface area (TPSA) is 116 Å². The molecule has 0 amide bonds. The Morgan fingerprint density at radius 3 is 2.37 bits per heavy atom. The molecule has 1 heterocycles. The summed E-state index contributed by atoms with van der Waals surface area (Å²) in [5.41, 5.74) is -3.15. The SMILES string of the molecule is CCN1C[C@]2(COC)CCC(OC)C34C1C(C(OC)[C@@H]32)[C@]1(OC)[C@@H]2[C@H]4C[C@@](O)([C@@H]2OC(=O)c2ccccc2)[C@@H](OC)[C@@H]1O. The first-order valence-electron chi connectivity index (χ1n) is 15.7. The second kappa shape index (κ2) is 10.2. The van der Waals surface area contributed by atoms with E-state index in [1.54, 1.807) is 52.7 Å². The van der Waals surface area contributed by atoms with Crippen molar-refractivity contribution in [3.63, 3.8) is 0 Å². The fraction of sp³-hybridized carbons (Fsp3) is 0.788. The Labute approximate surface area is 253 Å². The van der Waals surface area contributed by atoms with Crippen LogP contribution in [0.25, 0.3) is 0 Å². The second-order valence-electron chi connectivity index (χ2n) is 13.9. The van der Waals surface area contributed by atoms with Crippen molar-refractivity contribution < 1.29 is 43.4 Å². The molecule has 14 atom stereocenters. The minimum absolute atomic E-state index is 0.0186. The quantitative estimate of drug-likeness (QED) is 0.406. The molecule has 0 aromatic heterocycles. The first kappa shape index (κ1) is 30.0. The fourth-order valence-corrected chi connectivity index (χ4v) is 12.3. The monoisotopic (exact) mass is 601 g/mol. The van der Waals surface area contributed by atoms with Crippen LogP contribution < -0.4 is 0 Å². The molecule has 1 aromatic carbocycles. The van der Waals surface area contributed by atoms with E-state index in [0.29, 0.717) is 12.2 Å². The Morgan fingerprint density at radius 2 is 1.77 bits per heavy atom. The van der Waals surface area contributed by atoms with Crippen LogP contribution >= 0.6 is 0 Å². The lowest BCUT2D eigenvalue weighted by atomic mass is 9.43. The molecule has 1 saturated heterocycles. The minimum atomic E-state index is -1.64. The summed E-state index contributed by atoms with van der Waals surface area (Å²) in [6.07, 6.45) is -1.58. The van der Waals surface area contributed by atoms with Crippen molar-refractivity contribution in [2.45, 2.75) is 73.9 Å². The van der Waals surface area contributed by atoms with Gasteiger partial charge in [0.25, 0.3) is 0 Å². The van der Waals surface area contributed by atoms with Gasteiger partial charge >= 0.3 is 5.97 Å². The molecule has 10 nitrogen and oxygen atoms in total. The van der Waals surface area contributed by atoms with Gasteiger partial charge in [0.1, 0.15) is 29.5 Å². The van der Waals surface area contributed by atoms with Crippen molar-refractivity contribution in [2.24, 2.45) is 34.5 Å². The van der Waals surface area contributed by atoms with Crippen molar-refractivity contribution in [3.8, 4) is 0 Å². The maximum atomic E-state index is 13.7. The van der Waals surface area contributed by atoms with Gasteiger partial charge in [-0.25, -0.2) is 4.79 Å². The second-order valence-corrected chi connectivity index (χ2v) is 13.9. The van der Waals surface area contributed by atoms with E-state index in [-0.39, 0.29) is 47.8 Å². The van der Waals surface area contributed by atoms with Gasteiger partial charge in [-0.3, -0.25) is 4.90 Å². The predicted octanol–water partition coefficient (Wildman–Crippen LogP) is 1.76. The van der Waals surface area contributed by atoms with Crippen LogP contribution in [0.5, 0.6) is 0 Å². The van der Waals surface area contributed by atoms with Gasteiger partial charge in [-0.1, -0.05) is 25.1 Å². The van der Waals surface area contributed by atoms with Gasteiger partial charge in [-0.15, -0.1) is 0 Å². The summed E-state index contributed by atoms with van der Waals surface area (Å²) in [7, 11) is 8.45. The Kier molecular flexibility index (Phi) is 7.12. The summed E-state index contributed by atoms with van der Waals surface area (Å²) < 4.78 is 38.0. The third-order valence-corrected chi connectivity index (χ3v) is 13.1. The lowest BCUT2D eigenvalue weighted by Crippen LogP contribution is -2.80. The number of esters is 1. The molecule has 5 unspecified atom stereocenters. The van der Waals surface area contributed by atoms with Gasteiger partial charge in [-0.05, 0) is 43.9 Å². The van der Waals surface area contributed by atoms with Crippen molar-refractivity contribution >= 4 is 5.97 Å². The third kappa shape index (κ3) is 3.34. The maximum Gasteiger partial charge on any atom is 0.338 e. The first-order chi connectivity index (χ1) is 20.7. The molecule has 0 radical (unpaired) electrons. The predicted molar refractivity (Wildman–Crippen MR) is 154 cm³/mol. The van der Waals surface area contributed by atoms with Gasteiger partial charge in [0, 0.05) is 76.7 Å². The van der Waals surface area contributed by atoms with Crippen LogP contribution in [0.3, 0.4) is 0 Å². The highest BCUT2D eigenvalue weighted by Gasteiger charge is 2.90. The number of aliphatic hydroxyl groups is 2. The Hall–Kier alpha value is -1.63. The van der Waals surface area contributed by atoms with Crippen LogP contribution in [0.1, 0.15) is 36.5 Å². The van der Waals surface area contributed by atoms with Gasteiger partial charge in [0.15, 0.2) is 0 Å². The Balaban J connectivity index is 1.49. The molecule has 10 heteroatoms. The van der Waals surface area contributed by atoms with E-state index in [4.69, 9.17) is 28.4 Å². The zero-order chi connectivity index (χ0) is 30.5. The molecule has 2 N–H and O–H groups in total. The molecule has 6 aliphatic rings. The molecule has 5 aliphatic carbocycles. The van der Waals surface area contributed by atoms with Crippen molar-refractivity contribution in [1.82, 2.24) is 4.90 Å². The number of ether oxygens (including phenoxy) is 6. The standard InChI is InChI=1S/C33H47NO9/c1-7-34-16-30(17-38-2)14-13-20(39-3)32-19-15-31(37)27(43-29(36)18-11-9-8-10-12-18)21(19)33(42-6,26(35)28(31)41-5)22(25(32)34)23(40-4)24(30)32/h8-12,19-28,35,37H,7,13-17H2,1-6H3/t19-,20?,21-,22?,23?,24-,25?,26+,27-,28+,30+,31-,32?,33-/m1/s1. The number of aliphatic hydroxyl groups excluding tert-OH is 1. The van der Waals surface area contributed by atoms with Crippen molar-refractivity contribution in [3.05, 3.63) is 35.9 Å². The van der Waals surface area contributed by atoms with E-state index in [1.807, 2.05) is 6.07 Å². The number of carbonyl (C=O) groups excluding carboxylic acids is 1. The maximum absolute atomic E-state index is 13.7. The largest absolute Gasteiger partial charge is 0.455 e. The number of rotatable bonds is 9. The number of methoxy groups -OCH3 is 5. The number of hydrogen-bond donors (Lipinski definition) is 2. The van der Waals surface area contributed by atoms with Gasteiger partial charge < -0.3 is 38.6 Å². The van der Waals surface area contributed by atoms with E-state index in [0.717, 1.165) is 25.9 Å². The van der Waals surface area contributed by atoms with Gasteiger partial charge in [0.05, 0.1) is 24.4 Å². The summed E-state index contributed by atoms with van der Waals surface area (Å²) in [6.45, 7) is 4.40. The number of piperidine rings is 1. The molecule has 1 aromatic rings. The lowest BCUT2D eigenvalue weighted by Gasteiger charge is -2.69. The lowest BCUT2D eigenvalue weighted by molar-refractivity contribution is -0.321. The number of hydrogen-bond acceptors (Lipinski definition) is 10. The Morgan fingerprint density at radius 1 is 1.02 bits per heavy atom. The molecule has 5 saturated carbocycles. The summed E-state index contributed by atoms with van der Waals surface area (Å²) in [4.78, 5) is 16.2. The highest BCUT2D eigenvalue weighted by Crippen LogP contribution is 2.80.